The second-order valence-electron chi connectivity index (χ2n) is 4.81. The maximum Gasteiger partial charge on any atom is 0.0723 e. The molecule has 3 rings (SSSR count). The maximum absolute atomic E-state index is 5.71. The van der Waals surface area contributed by atoms with Gasteiger partial charge in [0.1, 0.15) is 0 Å². The molecular weight excluding hydrogens is 246 g/mol. The molecule has 0 amide bonds. The van der Waals surface area contributed by atoms with Crippen LogP contribution in [0.25, 0.3) is 10.9 Å². The average molecular weight is 263 g/mol. The van der Waals surface area contributed by atoms with E-state index < -0.39 is 0 Å². The second-order valence-corrected chi connectivity index (χ2v) is 4.81. The number of benzene rings is 2. The summed E-state index contributed by atoms with van der Waals surface area (Å²) in [4.78, 5) is 4.41. The minimum absolute atomic E-state index is 0.767. The molecule has 0 radical (unpaired) electrons. The monoisotopic (exact) mass is 263 g/mol. The SMILES string of the molecule is CCc1ccc2nccc(Nc3ccc(N)cc3)c2c1. The standard InChI is InChI=1S/C17H17N3/c1-2-12-3-8-16-15(11-12)17(9-10-19-16)20-14-6-4-13(18)5-7-14/h3-11H,2,18H2,1H3,(H,19,20). The van der Waals surface area contributed by atoms with Crippen molar-refractivity contribution in [3.8, 4) is 0 Å². The van der Waals surface area contributed by atoms with Gasteiger partial charge in [-0.2, -0.15) is 0 Å². The number of hydrogen-bond donors (Lipinski definition) is 2. The van der Waals surface area contributed by atoms with E-state index in [1.165, 1.54) is 5.56 Å². The first kappa shape index (κ1) is 12.5. The third-order valence-corrected chi connectivity index (χ3v) is 3.40. The topological polar surface area (TPSA) is 50.9 Å². The number of hydrogen-bond acceptors (Lipinski definition) is 3. The van der Waals surface area contributed by atoms with Crippen LogP contribution in [0.4, 0.5) is 17.1 Å². The molecule has 0 aliphatic rings. The van der Waals surface area contributed by atoms with E-state index in [0.717, 1.165) is 34.4 Å². The van der Waals surface area contributed by atoms with Gasteiger partial charge < -0.3 is 11.1 Å². The van der Waals surface area contributed by atoms with Gasteiger partial charge in [0.05, 0.1) is 5.52 Å². The van der Waals surface area contributed by atoms with Crippen LogP contribution in [-0.2, 0) is 6.42 Å². The van der Waals surface area contributed by atoms with Crippen molar-refractivity contribution in [3.63, 3.8) is 0 Å². The van der Waals surface area contributed by atoms with Gasteiger partial charge in [-0.15, -0.1) is 0 Å². The molecule has 20 heavy (non-hydrogen) atoms. The van der Waals surface area contributed by atoms with Gasteiger partial charge >= 0.3 is 0 Å². The number of rotatable bonds is 3. The molecule has 0 atom stereocenters. The van der Waals surface area contributed by atoms with Crippen molar-refractivity contribution in [3.05, 3.63) is 60.3 Å². The molecule has 0 saturated heterocycles. The van der Waals surface area contributed by atoms with Crippen molar-refractivity contribution < 1.29 is 0 Å². The molecule has 3 heteroatoms. The molecule has 0 fully saturated rings. The second kappa shape index (κ2) is 5.21. The molecule has 3 nitrogen and oxygen atoms in total. The fourth-order valence-electron chi connectivity index (χ4n) is 2.24. The van der Waals surface area contributed by atoms with Gasteiger partial charge in [0.15, 0.2) is 0 Å². The Labute approximate surface area is 118 Å². The highest BCUT2D eigenvalue weighted by atomic mass is 14.9. The fraction of sp³-hybridized carbons (Fsp3) is 0.118. The molecule has 0 unspecified atom stereocenters. The van der Waals surface area contributed by atoms with Crippen molar-refractivity contribution in [1.29, 1.82) is 0 Å². The third kappa shape index (κ3) is 2.43. The van der Waals surface area contributed by atoms with Gasteiger partial charge in [0.25, 0.3) is 0 Å². The van der Waals surface area contributed by atoms with Gasteiger partial charge in [-0.05, 0) is 54.4 Å². The molecule has 0 bridgehead atoms. The number of pyridine rings is 1. The van der Waals surface area contributed by atoms with Crippen LogP contribution in [0.3, 0.4) is 0 Å². The number of anilines is 3. The van der Waals surface area contributed by atoms with Crippen LogP contribution in [0, 0.1) is 0 Å². The van der Waals surface area contributed by atoms with E-state index in [1.54, 1.807) is 0 Å². The van der Waals surface area contributed by atoms with E-state index in [2.05, 4.69) is 35.4 Å². The quantitative estimate of drug-likeness (QED) is 0.699. The maximum atomic E-state index is 5.71. The number of aryl methyl sites for hydroxylation is 1. The summed E-state index contributed by atoms with van der Waals surface area (Å²) in [6, 6.07) is 16.1. The Hall–Kier alpha value is -2.55. The van der Waals surface area contributed by atoms with Gasteiger partial charge in [0.2, 0.25) is 0 Å². The van der Waals surface area contributed by atoms with Crippen LogP contribution >= 0.6 is 0 Å². The molecule has 100 valence electrons. The molecule has 1 aromatic heterocycles. The zero-order valence-electron chi connectivity index (χ0n) is 11.4. The average Bonchev–Trinajstić information content (AvgIpc) is 2.49. The van der Waals surface area contributed by atoms with Gasteiger partial charge in [0, 0.05) is 28.6 Å². The zero-order chi connectivity index (χ0) is 13.9. The molecule has 0 aliphatic heterocycles. The van der Waals surface area contributed by atoms with Crippen LogP contribution in [0.15, 0.2) is 54.7 Å². The van der Waals surface area contributed by atoms with E-state index in [9.17, 15) is 0 Å². The van der Waals surface area contributed by atoms with Crippen LogP contribution in [0.2, 0.25) is 0 Å². The summed E-state index contributed by atoms with van der Waals surface area (Å²) in [5.74, 6) is 0. The van der Waals surface area contributed by atoms with E-state index in [4.69, 9.17) is 5.73 Å². The normalized spacial score (nSPS) is 10.7. The Kier molecular flexibility index (Phi) is 3.25. The Morgan fingerprint density at radius 1 is 1.05 bits per heavy atom. The summed E-state index contributed by atoms with van der Waals surface area (Å²) >= 11 is 0. The Bertz CT molecular complexity index is 733. The van der Waals surface area contributed by atoms with Crippen molar-refractivity contribution in [2.75, 3.05) is 11.1 Å². The van der Waals surface area contributed by atoms with Crippen molar-refractivity contribution in [2.45, 2.75) is 13.3 Å². The van der Waals surface area contributed by atoms with Crippen LogP contribution < -0.4 is 11.1 Å². The van der Waals surface area contributed by atoms with E-state index in [0.29, 0.717) is 0 Å². The van der Waals surface area contributed by atoms with E-state index in [1.807, 2.05) is 36.5 Å². The van der Waals surface area contributed by atoms with E-state index >= 15 is 0 Å². The Balaban J connectivity index is 2.04. The highest BCUT2D eigenvalue weighted by Gasteiger charge is 2.03. The summed E-state index contributed by atoms with van der Waals surface area (Å²) < 4.78 is 0. The predicted octanol–water partition coefficient (Wildman–Crippen LogP) is 4.12. The number of nitrogen functional groups attached to an aromatic ring is 1. The van der Waals surface area contributed by atoms with Crippen molar-refractivity contribution in [2.24, 2.45) is 0 Å². The molecule has 3 aromatic rings. The minimum atomic E-state index is 0.767. The first-order valence-corrected chi connectivity index (χ1v) is 6.76. The number of nitrogens with one attached hydrogen (secondary N) is 1. The van der Waals surface area contributed by atoms with Gasteiger partial charge in [-0.25, -0.2) is 0 Å². The summed E-state index contributed by atoms with van der Waals surface area (Å²) in [5, 5.41) is 4.57. The molecule has 1 heterocycles. The summed E-state index contributed by atoms with van der Waals surface area (Å²) in [5.41, 5.74) is 10.9. The number of nitrogens with zero attached hydrogens (tertiary/aromatic N) is 1. The lowest BCUT2D eigenvalue weighted by Crippen LogP contribution is -1.94. The number of nitrogens with two attached hydrogens (primary N) is 1. The summed E-state index contributed by atoms with van der Waals surface area (Å²) in [7, 11) is 0. The molecular formula is C17H17N3. The Morgan fingerprint density at radius 3 is 2.60 bits per heavy atom. The van der Waals surface area contributed by atoms with Crippen LogP contribution in [0.1, 0.15) is 12.5 Å². The first-order chi connectivity index (χ1) is 9.76. The largest absolute Gasteiger partial charge is 0.399 e. The lowest BCUT2D eigenvalue weighted by Gasteiger charge is -2.10. The molecule has 0 aliphatic carbocycles. The number of aromatic nitrogens is 1. The van der Waals surface area contributed by atoms with Crippen molar-refractivity contribution >= 4 is 28.0 Å². The van der Waals surface area contributed by atoms with Gasteiger partial charge in [-0.3, -0.25) is 4.98 Å². The molecule has 0 spiro atoms. The summed E-state index contributed by atoms with van der Waals surface area (Å²) in [6.07, 6.45) is 2.85. The van der Waals surface area contributed by atoms with Gasteiger partial charge in [-0.1, -0.05) is 13.0 Å². The fourth-order valence-corrected chi connectivity index (χ4v) is 2.24. The van der Waals surface area contributed by atoms with E-state index in [-0.39, 0.29) is 0 Å². The number of fused-ring (bicyclic) bond motifs is 1. The zero-order valence-corrected chi connectivity index (χ0v) is 11.4. The first-order valence-electron chi connectivity index (χ1n) is 6.76. The third-order valence-electron chi connectivity index (χ3n) is 3.40. The highest BCUT2D eigenvalue weighted by molar-refractivity contribution is 5.93. The molecule has 3 N–H and O–H groups in total. The van der Waals surface area contributed by atoms with Crippen molar-refractivity contribution in [1.82, 2.24) is 4.98 Å². The summed E-state index contributed by atoms with van der Waals surface area (Å²) in [6.45, 7) is 2.16. The van der Waals surface area contributed by atoms with Crippen LogP contribution in [0.5, 0.6) is 0 Å². The highest BCUT2D eigenvalue weighted by Crippen LogP contribution is 2.26. The molecule has 0 saturated carbocycles. The molecule has 2 aromatic carbocycles. The van der Waals surface area contributed by atoms with Crippen LogP contribution in [-0.4, -0.2) is 4.98 Å². The minimum Gasteiger partial charge on any atom is -0.399 e. The predicted molar refractivity (Wildman–Crippen MR) is 85.3 cm³/mol. The Morgan fingerprint density at radius 2 is 1.85 bits per heavy atom. The lowest BCUT2D eigenvalue weighted by molar-refractivity contribution is 1.14. The lowest BCUT2D eigenvalue weighted by atomic mass is 10.1. The smallest absolute Gasteiger partial charge is 0.0723 e.